The molecule has 16 heavy (non-hydrogen) atoms. The monoisotopic (exact) mass is 247 g/mol. The van der Waals surface area contributed by atoms with Crippen molar-refractivity contribution in [1.82, 2.24) is 4.90 Å². The summed E-state index contributed by atoms with van der Waals surface area (Å²) >= 11 is 1.50. The molecular weight excluding hydrogens is 222 g/mol. The minimum Gasteiger partial charge on any atom is -0.396 e. The van der Waals surface area contributed by atoms with Gasteiger partial charge in [0.2, 0.25) is 5.91 Å². The highest BCUT2D eigenvalue weighted by Gasteiger charge is 2.15. The zero-order valence-electron chi connectivity index (χ0n) is 10.9. The van der Waals surface area contributed by atoms with Crippen molar-refractivity contribution in [3.05, 3.63) is 0 Å². The molecule has 0 heterocycles. The van der Waals surface area contributed by atoms with E-state index >= 15 is 0 Å². The van der Waals surface area contributed by atoms with Crippen molar-refractivity contribution in [2.75, 3.05) is 31.2 Å². The number of hydrogen-bond acceptors (Lipinski definition) is 3. The zero-order chi connectivity index (χ0) is 12.6. The molecule has 0 aliphatic rings. The molecule has 0 bridgehead atoms. The van der Waals surface area contributed by atoms with Crippen LogP contribution in [0.5, 0.6) is 0 Å². The number of thioether (sulfide) groups is 1. The summed E-state index contributed by atoms with van der Waals surface area (Å²) < 4.78 is 0. The smallest absolute Gasteiger partial charge is 0.232 e. The van der Waals surface area contributed by atoms with E-state index in [-0.39, 0.29) is 12.5 Å². The van der Waals surface area contributed by atoms with E-state index in [0.717, 1.165) is 13.1 Å². The molecule has 0 aromatic rings. The van der Waals surface area contributed by atoms with Crippen molar-refractivity contribution in [3.63, 3.8) is 0 Å². The Labute approximate surface area is 104 Å². The quantitative estimate of drug-likeness (QED) is 0.666. The van der Waals surface area contributed by atoms with Gasteiger partial charge in [0.05, 0.1) is 12.4 Å². The highest BCUT2D eigenvalue weighted by Crippen LogP contribution is 2.08. The molecule has 0 spiro atoms. The van der Waals surface area contributed by atoms with Crippen LogP contribution in [0, 0.1) is 11.8 Å². The molecule has 0 aromatic heterocycles. The predicted octanol–water partition coefficient (Wildman–Crippen LogP) is 1.85. The average Bonchev–Trinajstić information content (AvgIpc) is 2.15. The van der Waals surface area contributed by atoms with Crippen LogP contribution in [0.15, 0.2) is 0 Å². The Hall–Kier alpha value is -0.220. The number of carbonyl (C=O) groups is 1. The summed E-state index contributed by atoms with van der Waals surface area (Å²) in [6, 6.07) is 0. The molecule has 0 saturated carbocycles. The molecule has 0 saturated heterocycles. The lowest BCUT2D eigenvalue weighted by molar-refractivity contribution is -0.129. The van der Waals surface area contributed by atoms with Gasteiger partial charge in [-0.25, -0.2) is 0 Å². The van der Waals surface area contributed by atoms with E-state index in [1.165, 1.54) is 11.8 Å². The van der Waals surface area contributed by atoms with Crippen molar-refractivity contribution in [3.8, 4) is 0 Å². The van der Waals surface area contributed by atoms with Crippen molar-refractivity contribution in [2.24, 2.45) is 11.8 Å². The van der Waals surface area contributed by atoms with Crippen LogP contribution in [-0.2, 0) is 4.79 Å². The standard InChI is InChI=1S/C12H25NO2S/c1-10(2)7-13(8-11(3)4)12(15)9-16-6-5-14/h10-11,14H,5-9H2,1-4H3. The SMILES string of the molecule is CC(C)CN(CC(C)C)C(=O)CSCCO. The van der Waals surface area contributed by atoms with Crippen molar-refractivity contribution < 1.29 is 9.90 Å². The summed E-state index contributed by atoms with van der Waals surface area (Å²) in [7, 11) is 0. The first-order valence-corrected chi connectivity index (χ1v) is 7.09. The van der Waals surface area contributed by atoms with Crippen LogP contribution in [0.4, 0.5) is 0 Å². The van der Waals surface area contributed by atoms with Crippen molar-refractivity contribution >= 4 is 17.7 Å². The van der Waals surface area contributed by atoms with Gasteiger partial charge in [0.25, 0.3) is 0 Å². The molecule has 4 heteroatoms. The first-order chi connectivity index (χ1) is 7.47. The Balaban J connectivity index is 4.10. The van der Waals surface area contributed by atoms with E-state index in [4.69, 9.17) is 5.11 Å². The van der Waals surface area contributed by atoms with Gasteiger partial charge in [-0.2, -0.15) is 0 Å². The van der Waals surface area contributed by atoms with E-state index in [0.29, 0.717) is 23.3 Å². The molecule has 0 rings (SSSR count). The van der Waals surface area contributed by atoms with Gasteiger partial charge >= 0.3 is 0 Å². The predicted molar refractivity (Wildman–Crippen MR) is 70.7 cm³/mol. The second kappa shape index (κ2) is 8.88. The Morgan fingerprint density at radius 3 is 2.06 bits per heavy atom. The third-order valence-electron chi connectivity index (χ3n) is 1.98. The third-order valence-corrected chi connectivity index (χ3v) is 2.91. The van der Waals surface area contributed by atoms with E-state index in [2.05, 4.69) is 27.7 Å². The normalized spacial score (nSPS) is 11.2. The van der Waals surface area contributed by atoms with Gasteiger partial charge in [-0.1, -0.05) is 27.7 Å². The van der Waals surface area contributed by atoms with Gasteiger partial charge < -0.3 is 10.0 Å². The maximum absolute atomic E-state index is 11.9. The fourth-order valence-corrected chi connectivity index (χ4v) is 2.11. The number of carbonyl (C=O) groups excluding carboxylic acids is 1. The molecule has 0 fully saturated rings. The summed E-state index contributed by atoms with van der Waals surface area (Å²) in [6.07, 6.45) is 0. The first-order valence-electron chi connectivity index (χ1n) is 5.93. The van der Waals surface area contributed by atoms with Crippen molar-refractivity contribution in [1.29, 1.82) is 0 Å². The molecule has 0 aliphatic heterocycles. The van der Waals surface area contributed by atoms with Gasteiger partial charge in [-0.15, -0.1) is 11.8 Å². The number of nitrogens with zero attached hydrogens (tertiary/aromatic N) is 1. The van der Waals surface area contributed by atoms with Crippen LogP contribution in [0.25, 0.3) is 0 Å². The highest BCUT2D eigenvalue weighted by atomic mass is 32.2. The van der Waals surface area contributed by atoms with Gasteiger partial charge in [0.15, 0.2) is 0 Å². The van der Waals surface area contributed by atoms with Crippen LogP contribution in [0.3, 0.4) is 0 Å². The average molecular weight is 247 g/mol. The fraction of sp³-hybridized carbons (Fsp3) is 0.917. The molecule has 96 valence electrons. The van der Waals surface area contributed by atoms with Crippen molar-refractivity contribution in [2.45, 2.75) is 27.7 Å². The molecule has 3 nitrogen and oxygen atoms in total. The van der Waals surface area contributed by atoms with E-state index < -0.39 is 0 Å². The number of aliphatic hydroxyl groups is 1. The molecule has 1 amide bonds. The lowest BCUT2D eigenvalue weighted by Gasteiger charge is -2.26. The molecule has 0 unspecified atom stereocenters. The fourth-order valence-electron chi connectivity index (χ4n) is 1.48. The largest absolute Gasteiger partial charge is 0.396 e. The van der Waals surface area contributed by atoms with Crippen LogP contribution in [-0.4, -0.2) is 47.1 Å². The second-order valence-electron chi connectivity index (χ2n) is 4.86. The second-order valence-corrected chi connectivity index (χ2v) is 5.97. The lowest BCUT2D eigenvalue weighted by atomic mass is 10.1. The summed E-state index contributed by atoms with van der Waals surface area (Å²) in [6.45, 7) is 10.3. The maximum Gasteiger partial charge on any atom is 0.232 e. The topological polar surface area (TPSA) is 40.5 Å². The molecule has 0 aromatic carbocycles. The Morgan fingerprint density at radius 2 is 1.69 bits per heavy atom. The molecular formula is C12H25NO2S. The molecule has 1 N–H and O–H groups in total. The minimum absolute atomic E-state index is 0.145. The maximum atomic E-state index is 11.9. The number of rotatable bonds is 8. The summed E-state index contributed by atoms with van der Waals surface area (Å²) in [4.78, 5) is 13.9. The van der Waals surface area contributed by atoms with E-state index in [1.54, 1.807) is 0 Å². The lowest BCUT2D eigenvalue weighted by Crippen LogP contribution is -2.38. The Kier molecular flexibility index (Phi) is 8.76. The molecule has 0 radical (unpaired) electrons. The van der Waals surface area contributed by atoms with Gasteiger partial charge in [-0.3, -0.25) is 4.79 Å². The number of hydrogen-bond donors (Lipinski definition) is 1. The third kappa shape index (κ3) is 7.99. The summed E-state index contributed by atoms with van der Waals surface area (Å²) in [5.74, 6) is 2.33. The number of aliphatic hydroxyl groups excluding tert-OH is 1. The minimum atomic E-state index is 0.145. The highest BCUT2D eigenvalue weighted by molar-refractivity contribution is 7.99. The molecule has 0 atom stereocenters. The first kappa shape index (κ1) is 15.8. The van der Waals surface area contributed by atoms with Gasteiger partial charge in [-0.05, 0) is 11.8 Å². The summed E-state index contributed by atoms with van der Waals surface area (Å²) in [5.41, 5.74) is 0. The van der Waals surface area contributed by atoms with Crippen LogP contribution >= 0.6 is 11.8 Å². The van der Waals surface area contributed by atoms with E-state index in [9.17, 15) is 4.79 Å². The van der Waals surface area contributed by atoms with Crippen LogP contribution in [0.1, 0.15) is 27.7 Å². The van der Waals surface area contributed by atoms with Crippen LogP contribution < -0.4 is 0 Å². The Bertz CT molecular complexity index is 185. The van der Waals surface area contributed by atoms with Gasteiger partial charge in [0, 0.05) is 18.8 Å². The summed E-state index contributed by atoms with van der Waals surface area (Å²) in [5, 5.41) is 8.66. The number of amides is 1. The zero-order valence-corrected chi connectivity index (χ0v) is 11.7. The van der Waals surface area contributed by atoms with E-state index in [1.807, 2.05) is 4.90 Å². The van der Waals surface area contributed by atoms with Crippen LogP contribution in [0.2, 0.25) is 0 Å². The molecule has 0 aliphatic carbocycles. The van der Waals surface area contributed by atoms with Gasteiger partial charge in [0.1, 0.15) is 0 Å². The Morgan fingerprint density at radius 1 is 1.19 bits per heavy atom.